The number of carbonyl (C=O) groups is 1. The molecule has 0 aliphatic carbocycles. The van der Waals surface area contributed by atoms with Crippen LogP contribution in [0.1, 0.15) is 23.3 Å². The van der Waals surface area contributed by atoms with Crippen LogP contribution in [0.15, 0.2) is 12.1 Å². The molecule has 1 atom stereocenters. The number of ether oxygens (including phenoxy) is 1. The van der Waals surface area contributed by atoms with Crippen molar-refractivity contribution in [3.8, 4) is 5.75 Å². The second-order valence-corrected chi connectivity index (χ2v) is 6.33. The minimum absolute atomic E-state index is 0.294. The van der Waals surface area contributed by atoms with E-state index in [4.69, 9.17) is 16.3 Å². The van der Waals surface area contributed by atoms with Crippen LogP contribution in [-0.2, 0) is 4.79 Å². The lowest BCUT2D eigenvalue weighted by molar-refractivity contribution is -0.131. The Morgan fingerprint density at radius 3 is 3.05 bits per heavy atom. The molecule has 2 aromatic rings. The van der Waals surface area contributed by atoms with Gasteiger partial charge in [-0.2, -0.15) is 0 Å². The third-order valence-electron chi connectivity index (χ3n) is 3.32. The number of halogens is 1. The average Bonchev–Trinajstić information content (AvgIpc) is 2.90. The molecule has 0 amide bonds. The first-order valence-corrected chi connectivity index (χ1v) is 7.50. The Labute approximate surface area is 120 Å². The summed E-state index contributed by atoms with van der Waals surface area (Å²) in [6, 6.07) is 3.99. The van der Waals surface area contributed by atoms with E-state index >= 15 is 0 Å². The van der Waals surface area contributed by atoms with Crippen LogP contribution < -0.4 is 10.1 Å². The van der Waals surface area contributed by atoms with Crippen molar-refractivity contribution in [2.75, 3.05) is 17.7 Å². The Kier molecular flexibility index (Phi) is 3.15. The molecule has 1 aromatic heterocycles. The summed E-state index contributed by atoms with van der Waals surface area (Å²) < 4.78 is 6.51. The maximum Gasteiger partial charge on any atom is 0.308 e. The normalized spacial score (nSPS) is 17.3. The molecule has 0 saturated heterocycles. The van der Waals surface area contributed by atoms with E-state index in [0.717, 1.165) is 17.6 Å². The summed E-state index contributed by atoms with van der Waals surface area (Å²) in [5, 5.41) is 4.36. The highest BCUT2D eigenvalue weighted by molar-refractivity contribution is 7.19. The Morgan fingerprint density at radius 1 is 1.58 bits per heavy atom. The highest BCUT2D eigenvalue weighted by Gasteiger charge is 2.27. The second-order valence-electron chi connectivity index (χ2n) is 4.76. The molecule has 0 saturated carbocycles. The molecule has 2 heterocycles. The molecule has 0 bridgehead atoms. The van der Waals surface area contributed by atoms with Crippen LogP contribution in [-0.4, -0.2) is 18.4 Å². The number of hydrogen-bond acceptors (Lipinski definition) is 4. The van der Waals surface area contributed by atoms with Crippen LogP contribution in [0, 0.1) is 6.92 Å². The lowest BCUT2D eigenvalue weighted by Gasteiger charge is -2.10. The van der Waals surface area contributed by atoms with Gasteiger partial charge in [-0.25, -0.2) is 0 Å². The fourth-order valence-electron chi connectivity index (χ4n) is 2.56. The Morgan fingerprint density at radius 2 is 2.37 bits per heavy atom. The number of fused-ring (bicyclic) bond motifs is 3. The molecule has 1 N–H and O–H groups in total. The monoisotopic (exact) mass is 295 g/mol. The third kappa shape index (κ3) is 2.09. The number of alkyl halides is 1. The lowest BCUT2D eigenvalue weighted by atomic mass is 10.0. The average molecular weight is 296 g/mol. The lowest BCUT2D eigenvalue weighted by Crippen LogP contribution is -2.02. The van der Waals surface area contributed by atoms with Crippen LogP contribution in [0.3, 0.4) is 0 Å². The number of esters is 1. The van der Waals surface area contributed by atoms with E-state index in [0.29, 0.717) is 17.5 Å². The number of benzene rings is 1. The van der Waals surface area contributed by atoms with Crippen LogP contribution in [0.2, 0.25) is 0 Å². The molecule has 1 aromatic carbocycles. The highest BCUT2D eigenvalue weighted by Crippen LogP contribution is 2.45. The molecule has 3 rings (SSSR count). The van der Waals surface area contributed by atoms with Crippen molar-refractivity contribution in [3.63, 3.8) is 0 Å². The van der Waals surface area contributed by atoms with Crippen molar-refractivity contribution in [1.29, 1.82) is 0 Å². The van der Waals surface area contributed by atoms with Gasteiger partial charge in [0, 0.05) is 52.0 Å². The van der Waals surface area contributed by atoms with E-state index in [1.165, 1.54) is 22.1 Å². The zero-order chi connectivity index (χ0) is 13.6. The third-order valence-corrected chi connectivity index (χ3v) is 4.77. The topological polar surface area (TPSA) is 38.3 Å². The standard InChI is InChI=1S/C14H14ClNO2S/c1-7-3-10-12(18-8(2)17)4-11-13(14(10)19-7)9(5-15)6-16-11/h3-4,9,16H,5-6H2,1-2H3/t9-/m1/s1. The van der Waals surface area contributed by atoms with Gasteiger partial charge in [-0.3, -0.25) is 4.79 Å². The predicted octanol–water partition coefficient (Wildman–Crippen LogP) is 3.88. The van der Waals surface area contributed by atoms with Crippen molar-refractivity contribution >= 4 is 44.7 Å². The van der Waals surface area contributed by atoms with Crippen LogP contribution in [0.5, 0.6) is 5.75 Å². The molecule has 3 nitrogen and oxygen atoms in total. The van der Waals surface area contributed by atoms with E-state index in [1.54, 1.807) is 11.3 Å². The Balaban J connectivity index is 2.26. The summed E-state index contributed by atoms with van der Waals surface area (Å²) in [5.41, 5.74) is 2.30. The van der Waals surface area contributed by atoms with Crippen molar-refractivity contribution in [2.45, 2.75) is 19.8 Å². The van der Waals surface area contributed by atoms with Gasteiger partial charge in [0.1, 0.15) is 5.75 Å². The van der Waals surface area contributed by atoms with E-state index in [-0.39, 0.29) is 5.97 Å². The number of carbonyl (C=O) groups excluding carboxylic acids is 1. The minimum atomic E-state index is -0.294. The molecule has 5 heteroatoms. The summed E-state index contributed by atoms with van der Waals surface area (Å²) in [5.74, 6) is 1.26. The van der Waals surface area contributed by atoms with E-state index in [1.807, 2.05) is 6.07 Å². The summed E-state index contributed by atoms with van der Waals surface area (Å²) in [7, 11) is 0. The number of rotatable bonds is 2. The smallest absolute Gasteiger partial charge is 0.308 e. The van der Waals surface area contributed by atoms with Gasteiger partial charge in [-0.05, 0) is 18.6 Å². The van der Waals surface area contributed by atoms with Gasteiger partial charge in [-0.1, -0.05) is 0 Å². The first-order chi connectivity index (χ1) is 9.10. The number of aryl methyl sites for hydroxylation is 1. The molecule has 1 aliphatic heterocycles. The summed E-state index contributed by atoms with van der Waals surface area (Å²) >= 11 is 7.77. The summed E-state index contributed by atoms with van der Waals surface area (Å²) in [6.07, 6.45) is 0. The minimum Gasteiger partial charge on any atom is -0.426 e. The molecule has 0 unspecified atom stereocenters. The van der Waals surface area contributed by atoms with Crippen molar-refractivity contribution in [3.05, 3.63) is 22.6 Å². The molecule has 0 radical (unpaired) electrons. The van der Waals surface area contributed by atoms with Gasteiger partial charge in [0.2, 0.25) is 0 Å². The van der Waals surface area contributed by atoms with Gasteiger partial charge in [0.25, 0.3) is 0 Å². The first-order valence-electron chi connectivity index (χ1n) is 6.15. The van der Waals surface area contributed by atoms with Gasteiger partial charge in [-0.15, -0.1) is 22.9 Å². The molecular formula is C14H14ClNO2S. The molecule has 0 spiro atoms. The van der Waals surface area contributed by atoms with Gasteiger partial charge < -0.3 is 10.1 Å². The number of thiophene rings is 1. The number of hydrogen-bond donors (Lipinski definition) is 1. The van der Waals surface area contributed by atoms with Crippen molar-refractivity contribution < 1.29 is 9.53 Å². The van der Waals surface area contributed by atoms with Crippen molar-refractivity contribution in [2.24, 2.45) is 0 Å². The predicted molar refractivity (Wildman–Crippen MR) is 79.8 cm³/mol. The zero-order valence-electron chi connectivity index (χ0n) is 10.7. The van der Waals surface area contributed by atoms with Crippen LogP contribution in [0.4, 0.5) is 5.69 Å². The molecule has 1 aliphatic rings. The Bertz CT molecular complexity index is 665. The van der Waals surface area contributed by atoms with E-state index in [2.05, 4.69) is 18.3 Å². The fourth-order valence-corrected chi connectivity index (χ4v) is 3.98. The quantitative estimate of drug-likeness (QED) is 0.519. The summed E-state index contributed by atoms with van der Waals surface area (Å²) in [6.45, 7) is 4.33. The summed E-state index contributed by atoms with van der Waals surface area (Å²) in [4.78, 5) is 12.4. The van der Waals surface area contributed by atoms with Crippen LogP contribution in [0.25, 0.3) is 10.1 Å². The molecule has 0 fully saturated rings. The first kappa shape index (κ1) is 12.8. The number of anilines is 1. The largest absolute Gasteiger partial charge is 0.426 e. The van der Waals surface area contributed by atoms with Gasteiger partial charge in [0.15, 0.2) is 0 Å². The fraction of sp³-hybridized carbons (Fsp3) is 0.357. The van der Waals surface area contributed by atoms with Crippen LogP contribution >= 0.6 is 22.9 Å². The maximum absolute atomic E-state index is 11.2. The SMILES string of the molecule is CC(=O)Oc1cc2c(c3sc(C)cc13)[C@H](CCl)CN2. The van der Waals surface area contributed by atoms with Gasteiger partial charge >= 0.3 is 5.97 Å². The Hall–Kier alpha value is -1.26. The van der Waals surface area contributed by atoms with E-state index < -0.39 is 0 Å². The molecule has 19 heavy (non-hydrogen) atoms. The highest BCUT2D eigenvalue weighted by atomic mass is 35.5. The van der Waals surface area contributed by atoms with Gasteiger partial charge in [0.05, 0.1) is 0 Å². The van der Waals surface area contributed by atoms with Crippen molar-refractivity contribution in [1.82, 2.24) is 0 Å². The number of nitrogens with one attached hydrogen (secondary N) is 1. The maximum atomic E-state index is 11.2. The molecular weight excluding hydrogens is 282 g/mol. The molecule has 100 valence electrons. The van der Waals surface area contributed by atoms with E-state index in [9.17, 15) is 4.79 Å². The zero-order valence-corrected chi connectivity index (χ0v) is 12.3. The second kappa shape index (κ2) is 4.69.